The van der Waals surface area contributed by atoms with Crippen LogP contribution in [0.25, 0.3) is 0 Å². The van der Waals surface area contributed by atoms with Gasteiger partial charge in [-0.1, -0.05) is 19.1 Å². The van der Waals surface area contributed by atoms with Crippen LogP contribution in [0.4, 0.5) is 5.69 Å². The molecule has 1 aliphatic heterocycles. The van der Waals surface area contributed by atoms with E-state index in [0.29, 0.717) is 0 Å². The summed E-state index contributed by atoms with van der Waals surface area (Å²) in [6, 6.07) is 8.14. The standard InChI is InChI=1S/C15H19NO2/c1-2-11-9-16(10-11)13-5-3-12(4-6-13)15(7-8-15)14(17)18/h3-6,11H,2,7-10H2,1H3,(H,17,18). The largest absolute Gasteiger partial charge is 0.481 e. The van der Waals surface area contributed by atoms with Crippen LogP contribution in [0.3, 0.4) is 0 Å². The fraction of sp³-hybridized carbons (Fsp3) is 0.533. The number of benzene rings is 1. The SMILES string of the molecule is CCC1CN(c2ccc(C3(C(=O)O)CC3)cc2)C1. The summed E-state index contributed by atoms with van der Waals surface area (Å²) < 4.78 is 0. The molecule has 0 atom stereocenters. The molecule has 3 rings (SSSR count). The number of nitrogens with zero attached hydrogens (tertiary/aromatic N) is 1. The topological polar surface area (TPSA) is 40.5 Å². The number of anilines is 1. The van der Waals surface area contributed by atoms with Crippen LogP contribution in [0.5, 0.6) is 0 Å². The second-order valence-electron chi connectivity index (χ2n) is 5.61. The Bertz CT molecular complexity index is 456. The van der Waals surface area contributed by atoms with Gasteiger partial charge in [-0.2, -0.15) is 0 Å². The van der Waals surface area contributed by atoms with E-state index in [0.717, 1.165) is 37.4 Å². The molecule has 1 heterocycles. The molecule has 1 aliphatic carbocycles. The molecule has 2 fully saturated rings. The summed E-state index contributed by atoms with van der Waals surface area (Å²) >= 11 is 0. The van der Waals surface area contributed by atoms with Crippen LogP contribution >= 0.6 is 0 Å². The van der Waals surface area contributed by atoms with Crippen molar-refractivity contribution >= 4 is 11.7 Å². The Balaban J connectivity index is 1.73. The Morgan fingerprint density at radius 3 is 2.39 bits per heavy atom. The number of carboxylic acid groups (broad SMARTS) is 1. The molecule has 0 spiro atoms. The Hall–Kier alpha value is -1.51. The highest BCUT2D eigenvalue weighted by atomic mass is 16.4. The number of carbonyl (C=O) groups is 1. The fourth-order valence-electron chi connectivity index (χ4n) is 2.78. The van der Waals surface area contributed by atoms with Gasteiger partial charge < -0.3 is 10.0 Å². The van der Waals surface area contributed by atoms with Crippen molar-refractivity contribution in [2.45, 2.75) is 31.6 Å². The monoisotopic (exact) mass is 245 g/mol. The summed E-state index contributed by atoms with van der Waals surface area (Å²) in [5.41, 5.74) is 1.62. The van der Waals surface area contributed by atoms with E-state index in [4.69, 9.17) is 0 Å². The molecule has 3 nitrogen and oxygen atoms in total. The summed E-state index contributed by atoms with van der Waals surface area (Å²) in [7, 11) is 0. The van der Waals surface area contributed by atoms with Crippen molar-refractivity contribution in [2.75, 3.05) is 18.0 Å². The molecular weight excluding hydrogens is 226 g/mol. The van der Waals surface area contributed by atoms with Gasteiger partial charge in [0.05, 0.1) is 5.41 Å². The van der Waals surface area contributed by atoms with Gasteiger partial charge in [0, 0.05) is 18.8 Å². The summed E-state index contributed by atoms with van der Waals surface area (Å²) in [6.07, 6.45) is 2.81. The second kappa shape index (κ2) is 4.01. The quantitative estimate of drug-likeness (QED) is 0.886. The highest BCUT2D eigenvalue weighted by Crippen LogP contribution is 2.48. The molecule has 0 radical (unpaired) electrons. The third kappa shape index (κ3) is 1.69. The molecule has 18 heavy (non-hydrogen) atoms. The lowest BCUT2D eigenvalue weighted by Crippen LogP contribution is -2.46. The number of hydrogen-bond donors (Lipinski definition) is 1. The van der Waals surface area contributed by atoms with E-state index in [1.807, 2.05) is 12.1 Å². The molecular formula is C15H19NO2. The van der Waals surface area contributed by atoms with Crippen LogP contribution in [0.2, 0.25) is 0 Å². The number of rotatable bonds is 4. The molecule has 0 amide bonds. The van der Waals surface area contributed by atoms with Crippen molar-refractivity contribution in [3.05, 3.63) is 29.8 Å². The van der Waals surface area contributed by atoms with Crippen LogP contribution in [-0.4, -0.2) is 24.2 Å². The predicted molar refractivity (Wildman–Crippen MR) is 71.0 cm³/mol. The summed E-state index contributed by atoms with van der Waals surface area (Å²) in [5.74, 6) is 0.156. The first-order valence-corrected chi connectivity index (χ1v) is 6.74. The van der Waals surface area contributed by atoms with E-state index in [1.165, 1.54) is 12.1 Å². The smallest absolute Gasteiger partial charge is 0.314 e. The highest BCUT2D eigenvalue weighted by molar-refractivity contribution is 5.85. The van der Waals surface area contributed by atoms with Crippen LogP contribution in [-0.2, 0) is 10.2 Å². The first-order valence-electron chi connectivity index (χ1n) is 6.74. The average molecular weight is 245 g/mol. The van der Waals surface area contributed by atoms with Gasteiger partial charge in [-0.3, -0.25) is 4.79 Å². The second-order valence-corrected chi connectivity index (χ2v) is 5.61. The Morgan fingerprint density at radius 2 is 1.94 bits per heavy atom. The van der Waals surface area contributed by atoms with Crippen LogP contribution in [0.15, 0.2) is 24.3 Å². The van der Waals surface area contributed by atoms with Crippen molar-refractivity contribution in [1.29, 1.82) is 0 Å². The van der Waals surface area contributed by atoms with Gasteiger partial charge in [0.1, 0.15) is 0 Å². The normalized spacial score (nSPS) is 21.5. The minimum Gasteiger partial charge on any atom is -0.481 e. The van der Waals surface area contributed by atoms with Gasteiger partial charge in [0.25, 0.3) is 0 Å². The van der Waals surface area contributed by atoms with E-state index >= 15 is 0 Å². The molecule has 1 aromatic carbocycles. The molecule has 0 aromatic heterocycles. The molecule has 0 unspecified atom stereocenters. The van der Waals surface area contributed by atoms with Gasteiger partial charge >= 0.3 is 5.97 Å². The van der Waals surface area contributed by atoms with Crippen LogP contribution in [0, 0.1) is 5.92 Å². The minimum absolute atomic E-state index is 0.570. The first-order chi connectivity index (χ1) is 8.65. The van der Waals surface area contributed by atoms with Crippen molar-refractivity contribution in [2.24, 2.45) is 5.92 Å². The average Bonchev–Trinajstić information content (AvgIpc) is 3.10. The molecule has 96 valence electrons. The lowest BCUT2D eigenvalue weighted by Gasteiger charge is -2.40. The van der Waals surface area contributed by atoms with E-state index < -0.39 is 11.4 Å². The zero-order valence-electron chi connectivity index (χ0n) is 10.7. The van der Waals surface area contributed by atoms with Gasteiger partial charge in [0.2, 0.25) is 0 Å². The number of carboxylic acids is 1. The van der Waals surface area contributed by atoms with Crippen molar-refractivity contribution in [3.8, 4) is 0 Å². The summed E-state index contributed by atoms with van der Waals surface area (Å²) in [6.45, 7) is 4.51. The lowest BCUT2D eigenvalue weighted by molar-refractivity contribution is -0.140. The first kappa shape index (κ1) is 11.6. The van der Waals surface area contributed by atoms with Gasteiger partial charge in [-0.15, -0.1) is 0 Å². The zero-order chi connectivity index (χ0) is 12.8. The van der Waals surface area contributed by atoms with Gasteiger partial charge in [-0.05, 0) is 42.9 Å². The van der Waals surface area contributed by atoms with Crippen molar-refractivity contribution in [3.63, 3.8) is 0 Å². The maximum atomic E-state index is 11.2. The van der Waals surface area contributed by atoms with Crippen LogP contribution in [0.1, 0.15) is 31.7 Å². The highest BCUT2D eigenvalue weighted by Gasteiger charge is 2.51. The third-order valence-corrected chi connectivity index (χ3v) is 4.48. The van der Waals surface area contributed by atoms with E-state index in [9.17, 15) is 9.90 Å². The summed E-state index contributed by atoms with van der Waals surface area (Å²) in [5, 5.41) is 9.25. The van der Waals surface area contributed by atoms with Gasteiger partial charge in [0.15, 0.2) is 0 Å². The molecule has 2 aliphatic rings. The van der Waals surface area contributed by atoms with E-state index in [1.54, 1.807) is 0 Å². The van der Waals surface area contributed by atoms with Crippen LogP contribution < -0.4 is 4.90 Å². The molecule has 1 aromatic rings. The molecule has 3 heteroatoms. The van der Waals surface area contributed by atoms with Gasteiger partial charge in [-0.25, -0.2) is 0 Å². The van der Waals surface area contributed by atoms with E-state index in [2.05, 4.69) is 24.0 Å². The molecule has 1 saturated heterocycles. The Kier molecular flexibility index (Phi) is 2.58. The summed E-state index contributed by atoms with van der Waals surface area (Å²) in [4.78, 5) is 13.6. The number of aliphatic carboxylic acids is 1. The maximum absolute atomic E-state index is 11.2. The molecule has 1 N–H and O–H groups in total. The van der Waals surface area contributed by atoms with E-state index in [-0.39, 0.29) is 0 Å². The molecule has 1 saturated carbocycles. The molecule has 0 bridgehead atoms. The zero-order valence-corrected chi connectivity index (χ0v) is 10.7. The minimum atomic E-state index is -0.676. The number of hydrogen-bond acceptors (Lipinski definition) is 2. The lowest BCUT2D eigenvalue weighted by atomic mass is 9.94. The fourth-order valence-corrected chi connectivity index (χ4v) is 2.78. The van der Waals surface area contributed by atoms with Crippen molar-refractivity contribution < 1.29 is 9.90 Å². The third-order valence-electron chi connectivity index (χ3n) is 4.48. The predicted octanol–water partition coefficient (Wildman–Crippen LogP) is 2.65. The Morgan fingerprint density at radius 1 is 1.33 bits per heavy atom. The Labute approximate surface area is 107 Å². The van der Waals surface area contributed by atoms with Crippen molar-refractivity contribution in [1.82, 2.24) is 0 Å². The maximum Gasteiger partial charge on any atom is 0.314 e.